The molecule has 0 bridgehead atoms. The molecule has 0 unspecified atom stereocenters. The highest BCUT2D eigenvalue weighted by molar-refractivity contribution is 5.90. The van der Waals surface area contributed by atoms with E-state index < -0.39 is 11.7 Å². The van der Waals surface area contributed by atoms with Crippen molar-refractivity contribution < 1.29 is 13.2 Å². The molecule has 2 aliphatic rings. The molecule has 2 fully saturated rings. The molecule has 31 heavy (non-hydrogen) atoms. The standard InChI is InChI=1S/C22H25F3N6/c23-22(24,25)17-6-7-18(27-20(17)19-16-5-4-10-26-21(16)29-28-19)31-13-8-15(9-14-31)30-11-2-1-3-12-30/h4-7,10,15H,1-3,8-9,11-14H2,(H,26,28,29). The van der Waals surface area contributed by atoms with Gasteiger partial charge in [0.1, 0.15) is 17.2 Å². The Kier molecular flexibility index (Phi) is 5.29. The van der Waals surface area contributed by atoms with Crippen molar-refractivity contribution in [2.45, 2.75) is 44.3 Å². The highest BCUT2D eigenvalue weighted by Crippen LogP contribution is 2.38. The third-order valence-electron chi connectivity index (χ3n) is 6.44. The summed E-state index contributed by atoms with van der Waals surface area (Å²) in [6, 6.07) is 6.57. The van der Waals surface area contributed by atoms with Crippen LogP contribution in [0.25, 0.3) is 22.4 Å². The molecule has 0 spiro atoms. The molecule has 3 aromatic rings. The molecule has 9 heteroatoms. The Balaban J connectivity index is 1.44. The van der Waals surface area contributed by atoms with Crippen LogP contribution in [0.1, 0.15) is 37.7 Å². The highest BCUT2D eigenvalue weighted by Gasteiger charge is 2.36. The number of anilines is 1. The summed E-state index contributed by atoms with van der Waals surface area (Å²) in [5.74, 6) is 0.570. The van der Waals surface area contributed by atoms with Crippen LogP contribution in [0.4, 0.5) is 19.0 Å². The minimum absolute atomic E-state index is 0.151. The first kappa shape index (κ1) is 20.2. The van der Waals surface area contributed by atoms with E-state index in [1.807, 2.05) is 0 Å². The normalized spacial score (nSPS) is 19.3. The molecule has 2 aliphatic heterocycles. The Labute approximate surface area is 178 Å². The lowest BCUT2D eigenvalue weighted by molar-refractivity contribution is -0.137. The minimum Gasteiger partial charge on any atom is -0.356 e. The zero-order valence-electron chi connectivity index (χ0n) is 17.2. The number of nitrogens with zero attached hydrogens (tertiary/aromatic N) is 5. The Morgan fingerprint density at radius 1 is 0.935 bits per heavy atom. The van der Waals surface area contributed by atoms with Crippen molar-refractivity contribution in [1.29, 1.82) is 0 Å². The number of likely N-dealkylation sites (tertiary alicyclic amines) is 1. The van der Waals surface area contributed by atoms with Crippen molar-refractivity contribution in [2.24, 2.45) is 0 Å². The Morgan fingerprint density at radius 3 is 2.45 bits per heavy atom. The zero-order valence-corrected chi connectivity index (χ0v) is 17.2. The van der Waals surface area contributed by atoms with Gasteiger partial charge in [-0.3, -0.25) is 5.10 Å². The van der Waals surface area contributed by atoms with Crippen LogP contribution in [-0.2, 0) is 6.18 Å². The predicted molar refractivity (Wildman–Crippen MR) is 113 cm³/mol. The van der Waals surface area contributed by atoms with Crippen LogP contribution in [0.2, 0.25) is 0 Å². The monoisotopic (exact) mass is 430 g/mol. The van der Waals surface area contributed by atoms with Gasteiger partial charge in [0.05, 0.1) is 5.56 Å². The molecule has 0 saturated carbocycles. The van der Waals surface area contributed by atoms with Gasteiger partial charge in [0.15, 0.2) is 5.65 Å². The fourth-order valence-electron chi connectivity index (χ4n) is 4.81. The van der Waals surface area contributed by atoms with Crippen molar-refractivity contribution in [1.82, 2.24) is 25.1 Å². The first-order valence-electron chi connectivity index (χ1n) is 10.9. The van der Waals surface area contributed by atoms with E-state index in [4.69, 9.17) is 0 Å². The van der Waals surface area contributed by atoms with Crippen molar-refractivity contribution in [3.05, 3.63) is 36.0 Å². The quantitative estimate of drug-likeness (QED) is 0.663. The van der Waals surface area contributed by atoms with E-state index in [1.54, 1.807) is 18.3 Å². The van der Waals surface area contributed by atoms with Crippen LogP contribution in [0, 0.1) is 0 Å². The van der Waals surface area contributed by atoms with Gasteiger partial charge < -0.3 is 9.80 Å². The summed E-state index contributed by atoms with van der Waals surface area (Å²) in [6.45, 7) is 3.91. The van der Waals surface area contributed by atoms with Gasteiger partial charge in [-0.15, -0.1) is 0 Å². The number of hydrogen-bond acceptors (Lipinski definition) is 5. The van der Waals surface area contributed by atoms with E-state index >= 15 is 0 Å². The summed E-state index contributed by atoms with van der Waals surface area (Å²) < 4.78 is 41.3. The van der Waals surface area contributed by atoms with E-state index in [9.17, 15) is 13.2 Å². The molecule has 0 aliphatic carbocycles. The van der Waals surface area contributed by atoms with E-state index in [1.165, 1.54) is 25.3 Å². The second kappa shape index (κ2) is 8.11. The third kappa shape index (κ3) is 3.98. The fraction of sp³-hybridized carbons (Fsp3) is 0.500. The van der Waals surface area contributed by atoms with Gasteiger partial charge in [-0.2, -0.15) is 18.3 Å². The summed E-state index contributed by atoms with van der Waals surface area (Å²) in [7, 11) is 0. The Morgan fingerprint density at radius 2 is 1.71 bits per heavy atom. The third-order valence-corrected chi connectivity index (χ3v) is 6.44. The zero-order chi connectivity index (χ0) is 21.4. The number of rotatable bonds is 3. The molecule has 0 amide bonds. The number of aromatic nitrogens is 4. The molecule has 3 aromatic heterocycles. The maximum atomic E-state index is 13.8. The van der Waals surface area contributed by atoms with Crippen LogP contribution < -0.4 is 4.90 Å². The molecule has 0 atom stereocenters. The number of nitrogens with one attached hydrogen (secondary N) is 1. The van der Waals surface area contributed by atoms with Crippen molar-refractivity contribution in [3.8, 4) is 11.4 Å². The number of H-pyrrole nitrogens is 1. The van der Waals surface area contributed by atoms with Crippen molar-refractivity contribution >= 4 is 16.9 Å². The maximum absolute atomic E-state index is 13.8. The number of pyridine rings is 2. The van der Waals surface area contributed by atoms with Gasteiger partial charge in [-0.1, -0.05) is 6.42 Å². The molecule has 6 nitrogen and oxygen atoms in total. The summed E-state index contributed by atoms with van der Waals surface area (Å²) in [4.78, 5) is 13.3. The molecule has 5 rings (SSSR count). The van der Waals surface area contributed by atoms with Crippen LogP contribution in [0.3, 0.4) is 0 Å². The second-order valence-corrected chi connectivity index (χ2v) is 8.35. The second-order valence-electron chi connectivity index (χ2n) is 8.35. The molecule has 0 radical (unpaired) electrons. The SMILES string of the molecule is FC(F)(F)c1ccc(N2CCC(N3CCCCC3)CC2)nc1-c1n[nH]c2ncccc12. The first-order chi connectivity index (χ1) is 15.0. The summed E-state index contributed by atoms with van der Waals surface area (Å²) >= 11 is 0. The van der Waals surface area contributed by atoms with E-state index in [0.29, 0.717) is 22.9 Å². The number of hydrogen-bond donors (Lipinski definition) is 1. The van der Waals surface area contributed by atoms with Gasteiger partial charge in [0.2, 0.25) is 0 Å². The lowest BCUT2D eigenvalue weighted by Gasteiger charge is -2.40. The Hall–Kier alpha value is -2.68. The molecule has 2 saturated heterocycles. The molecule has 0 aromatic carbocycles. The summed E-state index contributed by atoms with van der Waals surface area (Å²) in [6.07, 6.45) is 2.90. The largest absolute Gasteiger partial charge is 0.418 e. The minimum atomic E-state index is -4.52. The molecular weight excluding hydrogens is 405 g/mol. The lowest BCUT2D eigenvalue weighted by Crippen LogP contribution is -2.47. The number of fused-ring (bicyclic) bond motifs is 1. The number of halogens is 3. The average molecular weight is 430 g/mol. The van der Waals surface area contributed by atoms with E-state index in [0.717, 1.165) is 45.1 Å². The maximum Gasteiger partial charge on any atom is 0.418 e. The van der Waals surface area contributed by atoms with Gasteiger partial charge in [0.25, 0.3) is 0 Å². The van der Waals surface area contributed by atoms with Gasteiger partial charge in [-0.25, -0.2) is 9.97 Å². The highest BCUT2D eigenvalue weighted by atomic mass is 19.4. The number of piperidine rings is 2. The predicted octanol–water partition coefficient (Wildman–Crippen LogP) is 4.49. The molecule has 1 N–H and O–H groups in total. The van der Waals surface area contributed by atoms with E-state index in [2.05, 4.69) is 30.0 Å². The smallest absolute Gasteiger partial charge is 0.356 e. The number of aromatic amines is 1. The van der Waals surface area contributed by atoms with Gasteiger partial charge in [0, 0.05) is 30.7 Å². The first-order valence-corrected chi connectivity index (χ1v) is 10.9. The van der Waals surface area contributed by atoms with Crippen LogP contribution >= 0.6 is 0 Å². The number of alkyl halides is 3. The molecule has 5 heterocycles. The van der Waals surface area contributed by atoms with Crippen LogP contribution in [-0.4, -0.2) is 57.3 Å². The summed E-state index contributed by atoms with van der Waals surface area (Å²) in [5.41, 5.74) is -0.306. The molecular formula is C22H25F3N6. The van der Waals surface area contributed by atoms with Gasteiger partial charge >= 0.3 is 6.18 Å². The average Bonchev–Trinajstić information content (AvgIpc) is 3.23. The van der Waals surface area contributed by atoms with Crippen LogP contribution in [0.15, 0.2) is 30.5 Å². The fourth-order valence-corrected chi connectivity index (χ4v) is 4.81. The molecule has 164 valence electrons. The van der Waals surface area contributed by atoms with Crippen molar-refractivity contribution in [2.75, 3.05) is 31.1 Å². The van der Waals surface area contributed by atoms with Crippen molar-refractivity contribution in [3.63, 3.8) is 0 Å². The van der Waals surface area contributed by atoms with Gasteiger partial charge in [-0.05, 0) is 63.0 Å². The van der Waals surface area contributed by atoms with E-state index in [-0.39, 0.29) is 11.4 Å². The summed E-state index contributed by atoms with van der Waals surface area (Å²) in [5, 5.41) is 7.37. The Bertz CT molecular complexity index is 1050. The lowest BCUT2D eigenvalue weighted by atomic mass is 10.00. The van der Waals surface area contributed by atoms with Crippen LogP contribution in [0.5, 0.6) is 0 Å². The topological polar surface area (TPSA) is 60.9 Å².